The van der Waals surface area contributed by atoms with Crippen molar-refractivity contribution < 1.29 is 29.4 Å². The number of carboxylic acid groups (broad SMARTS) is 1. The Kier molecular flexibility index (Phi) is 9.48. The summed E-state index contributed by atoms with van der Waals surface area (Å²) in [5.74, 6) is -3.18. The van der Waals surface area contributed by atoms with Gasteiger partial charge in [0.2, 0.25) is 17.7 Å². The van der Waals surface area contributed by atoms with Crippen LogP contribution in [0.1, 0.15) is 25.3 Å². The Bertz CT molecular complexity index is 822. The third-order valence-corrected chi connectivity index (χ3v) is 5.68. The number of amides is 3. The van der Waals surface area contributed by atoms with Gasteiger partial charge in [0.15, 0.2) is 0 Å². The van der Waals surface area contributed by atoms with Crippen molar-refractivity contribution in [2.45, 2.75) is 56.5 Å². The van der Waals surface area contributed by atoms with E-state index in [1.165, 1.54) is 11.8 Å². The number of aliphatic hydroxyl groups is 1. The van der Waals surface area contributed by atoms with Crippen LogP contribution in [0, 0.1) is 0 Å². The predicted octanol–water partition coefficient (Wildman–Crippen LogP) is -1.09. The SMILES string of the molecule is CC(O)C(NC(=O)C(N)Cc1ccccc1)C(=O)N1CCCC1C(=O)NC(CS)C(=O)O. The number of nitrogens with zero attached hydrogens (tertiary/aromatic N) is 1. The number of hydrogen-bond donors (Lipinski definition) is 6. The highest BCUT2D eigenvalue weighted by molar-refractivity contribution is 7.80. The zero-order valence-electron chi connectivity index (χ0n) is 17.8. The average Bonchev–Trinajstić information content (AvgIpc) is 3.25. The van der Waals surface area contributed by atoms with E-state index >= 15 is 0 Å². The number of carboxylic acids is 1. The summed E-state index contributed by atoms with van der Waals surface area (Å²) >= 11 is 3.92. The predicted molar refractivity (Wildman–Crippen MR) is 120 cm³/mol. The van der Waals surface area contributed by atoms with E-state index in [4.69, 9.17) is 10.8 Å². The fraction of sp³-hybridized carbons (Fsp3) is 0.524. The molecule has 1 heterocycles. The zero-order valence-corrected chi connectivity index (χ0v) is 18.7. The first-order chi connectivity index (χ1) is 15.1. The van der Waals surface area contributed by atoms with Gasteiger partial charge in [-0.05, 0) is 31.7 Å². The van der Waals surface area contributed by atoms with Crippen LogP contribution in [0.2, 0.25) is 0 Å². The monoisotopic (exact) mass is 466 g/mol. The van der Waals surface area contributed by atoms with Gasteiger partial charge in [0.05, 0.1) is 12.1 Å². The topological polar surface area (TPSA) is 162 Å². The molecule has 32 heavy (non-hydrogen) atoms. The molecule has 3 amide bonds. The fourth-order valence-electron chi connectivity index (χ4n) is 3.54. The number of aliphatic hydroxyl groups excluding tert-OH is 1. The first-order valence-corrected chi connectivity index (χ1v) is 11.0. The number of nitrogens with two attached hydrogens (primary N) is 1. The lowest BCUT2D eigenvalue weighted by molar-refractivity contribution is -0.145. The highest BCUT2D eigenvalue weighted by atomic mass is 32.1. The second kappa shape index (κ2) is 11.8. The standard InChI is InChI=1S/C21H30N4O6S/c1-12(26)17(24-18(27)14(22)10-13-6-3-2-4-7-13)20(29)25-9-5-8-16(25)19(28)23-15(11-32)21(30)31/h2-4,6-7,12,14-17,26,32H,5,8-11,22H2,1H3,(H,23,28)(H,24,27)(H,30,31). The van der Waals surface area contributed by atoms with Gasteiger partial charge in [-0.25, -0.2) is 4.79 Å². The molecule has 0 spiro atoms. The van der Waals surface area contributed by atoms with Crippen LogP contribution >= 0.6 is 12.6 Å². The first kappa shape index (κ1) is 25.6. The molecule has 0 aliphatic carbocycles. The Morgan fingerprint density at radius 3 is 2.44 bits per heavy atom. The molecule has 0 saturated carbocycles. The molecular formula is C21H30N4O6S. The summed E-state index contributed by atoms with van der Waals surface area (Å²) in [6, 6.07) is 4.82. The lowest BCUT2D eigenvalue weighted by Gasteiger charge is -2.31. The smallest absolute Gasteiger partial charge is 0.327 e. The second-order valence-electron chi connectivity index (χ2n) is 7.79. The molecule has 1 saturated heterocycles. The van der Waals surface area contributed by atoms with E-state index in [1.54, 1.807) is 0 Å². The van der Waals surface area contributed by atoms with E-state index in [1.807, 2.05) is 30.3 Å². The van der Waals surface area contributed by atoms with E-state index < -0.39 is 54.0 Å². The van der Waals surface area contributed by atoms with E-state index in [0.717, 1.165) is 5.56 Å². The van der Waals surface area contributed by atoms with Crippen LogP contribution in [-0.2, 0) is 25.6 Å². The lowest BCUT2D eigenvalue weighted by atomic mass is 10.0. The molecule has 1 fully saturated rings. The average molecular weight is 467 g/mol. The van der Waals surface area contributed by atoms with Gasteiger partial charge < -0.3 is 31.5 Å². The fourth-order valence-corrected chi connectivity index (χ4v) is 3.79. The largest absolute Gasteiger partial charge is 0.480 e. The summed E-state index contributed by atoms with van der Waals surface area (Å²) in [4.78, 5) is 50.7. The van der Waals surface area contributed by atoms with Gasteiger partial charge in [0.1, 0.15) is 18.1 Å². The van der Waals surface area contributed by atoms with Gasteiger partial charge in [-0.3, -0.25) is 14.4 Å². The summed E-state index contributed by atoms with van der Waals surface area (Å²) in [5, 5.41) is 24.1. The van der Waals surface area contributed by atoms with Crippen LogP contribution in [0.3, 0.4) is 0 Å². The normalized spacial score (nSPS) is 19.5. The highest BCUT2D eigenvalue weighted by Crippen LogP contribution is 2.20. The van der Waals surface area contributed by atoms with Crippen LogP contribution in [0.4, 0.5) is 0 Å². The molecule has 176 valence electrons. The number of aliphatic carboxylic acids is 1. The van der Waals surface area contributed by atoms with Crippen molar-refractivity contribution in [3.8, 4) is 0 Å². The van der Waals surface area contributed by atoms with Crippen molar-refractivity contribution in [3.63, 3.8) is 0 Å². The molecule has 0 bridgehead atoms. The Hall–Kier alpha value is -2.63. The number of likely N-dealkylation sites (tertiary alicyclic amines) is 1. The number of rotatable bonds is 10. The van der Waals surface area contributed by atoms with Crippen molar-refractivity contribution in [1.29, 1.82) is 0 Å². The zero-order chi connectivity index (χ0) is 23.8. The number of hydrogen-bond acceptors (Lipinski definition) is 7. The van der Waals surface area contributed by atoms with E-state index in [-0.39, 0.29) is 18.7 Å². The molecule has 1 aliphatic rings. The highest BCUT2D eigenvalue weighted by Gasteiger charge is 2.40. The van der Waals surface area contributed by atoms with Crippen molar-refractivity contribution in [2.24, 2.45) is 5.73 Å². The van der Waals surface area contributed by atoms with Crippen LogP contribution in [0.25, 0.3) is 0 Å². The minimum Gasteiger partial charge on any atom is -0.480 e. The van der Waals surface area contributed by atoms with Crippen LogP contribution in [0.15, 0.2) is 30.3 Å². The second-order valence-corrected chi connectivity index (χ2v) is 8.16. The molecule has 1 aromatic carbocycles. The van der Waals surface area contributed by atoms with Gasteiger partial charge in [-0.15, -0.1) is 0 Å². The van der Waals surface area contributed by atoms with Crippen molar-refractivity contribution in [3.05, 3.63) is 35.9 Å². The number of thiol groups is 1. The Morgan fingerprint density at radius 1 is 1.22 bits per heavy atom. The first-order valence-electron chi connectivity index (χ1n) is 10.4. The molecule has 6 N–H and O–H groups in total. The van der Waals surface area contributed by atoms with E-state index in [9.17, 15) is 24.3 Å². The van der Waals surface area contributed by atoms with E-state index in [0.29, 0.717) is 12.8 Å². The van der Waals surface area contributed by atoms with Crippen molar-refractivity contribution in [1.82, 2.24) is 15.5 Å². The summed E-state index contributed by atoms with van der Waals surface area (Å²) in [5.41, 5.74) is 6.83. The molecular weight excluding hydrogens is 436 g/mol. The number of nitrogens with one attached hydrogen (secondary N) is 2. The molecule has 2 rings (SSSR count). The Labute approximate surface area is 191 Å². The molecule has 0 aromatic heterocycles. The Balaban J connectivity index is 2.06. The minimum absolute atomic E-state index is 0.104. The lowest BCUT2D eigenvalue weighted by Crippen LogP contribution is -2.59. The number of carbonyl (C=O) groups is 4. The van der Waals surface area contributed by atoms with Gasteiger partial charge in [-0.2, -0.15) is 12.6 Å². The molecule has 1 aliphatic heterocycles. The van der Waals surface area contributed by atoms with Gasteiger partial charge >= 0.3 is 5.97 Å². The summed E-state index contributed by atoms with van der Waals surface area (Å²) in [6.45, 7) is 1.60. The minimum atomic E-state index is -1.29. The van der Waals surface area contributed by atoms with Crippen molar-refractivity contribution >= 4 is 36.3 Å². The summed E-state index contributed by atoms with van der Waals surface area (Å²) < 4.78 is 0. The number of benzene rings is 1. The van der Waals surface area contributed by atoms with E-state index in [2.05, 4.69) is 23.3 Å². The third kappa shape index (κ3) is 6.68. The molecule has 5 atom stereocenters. The molecule has 5 unspecified atom stereocenters. The van der Waals surface area contributed by atoms with Gasteiger partial charge in [0.25, 0.3) is 0 Å². The van der Waals surface area contributed by atoms with Crippen molar-refractivity contribution in [2.75, 3.05) is 12.3 Å². The Morgan fingerprint density at radius 2 is 1.88 bits per heavy atom. The molecule has 1 aromatic rings. The maximum atomic E-state index is 13.1. The summed E-state index contributed by atoms with van der Waals surface area (Å²) in [6.07, 6.45) is -0.118. The molecule has 0 radical (unpaired) electrons. The van der Waals surface area contributed by atoms with Crippen LogP contribution < -0.4 is 16.4 Å². The maximum Gasteiger partial charge on any atom is 0.327 e. The van der Waals surface area contributed by atoms with Gasteiger partial charge in [0, 0.05) is 12.3 Å². The quantitative estimate of drug-likeness (QED) is 0.239. The van der Waals surface area contributed by atoms with Gasteiger partial charge in [-0.1, -0.05) is 30.3 Å². The molecule has 10 nitrogen and oxygen atoms in total. The maximum absolute atomic E-state index is 13.1. The molecule has 11 heteroatoms. The third-order valence-electron chi connectivity index (χ3n) is 5.32. The summed E-state index contributed by atoms with van der Waals surface area (Å²) in [7, 11) is 0. The number of carbonyl (C=O) groups excluding carboxylic acids is 3. The van der Waals surface area contributed by atoms with Crippen LogP contribution in [0.5, 0.6) is 0 Å². The van der Waals surface area contributed by atoms with Crippen LogP contribution in [-0.4, -0.2) is 81.4 Å².